The maximum absolute atomic E-state index is 12.6. The number of allylic oxidation sites excluding steroid dienone is 1. The van der Waals surface area contributed by atoms with E-state index >= 15 is 0 Å². The third kappa shape index (κ3) is 3.93. The summed E-state index contributed by atoms with van der Waals surface area (Å²) in [5.41, 5.74) is 1.58. The molecular formula is C23H15BrO5. The molecule has 0 saturated heterocycles. The van der Waals surface area contributed by atoms with E-state index in [1.54, 1.807) is 73.8 Å². The molecule has 0 amide bonds. The van der Waals surface area contributed by atoms with Gasteiger partial charge in [0, 0.05) is 10.5 Å². The van der Waals surface area contributed by atoms with Gasteiger partial charge in [-0.15, -0.1) is 0 Å². The Bertz CT molecular complexity index is 1150. The number of rotatable bonds is 4. The lowest BCUT2D eigenvalue weighted by Crippen LogP contribution is -2.09. The van der Waals surface area contributed by atoms with Gasteiger partial charge < -0.3 is 14.2 Å². The van der Waals surface area contributed by atoms with Gasteiger partial charge in [0.2, 0.25) is 5.78 Å². The highest BCUT2D eigenvalue weighted by Gasteiger charge is 2.27. The maximum atomic E-state index is 12.6. The molecule has 5 nitrogen and oxygen atoms in total. The Kier molecular flexibility index (Phi) is 5.18. The van der Waals surface area contributed by atoms with E-state index in [0.29, 0.717) is 38.4 Å². The van der Waals surface area contributed by atoms with E-state index in [0.717, 1.165) is 0 Å². The van der Waals surface area contributed by atoms with E-state index < -0.39 is 5.97 Å². The van der Waals surface area contributed by atoms with Crippen molar-refractivity contribution in [3.05, 3.63) is 93.7 Å². The number of ketones is 1. The summed E-state index contributed by atoms with van der Waals surface area (Å²) in [6, 6.07) is 19.0. The van der Waals surface area contributed by atoms with Gasteiger partial charge in [-0.25, -0.2) is 4.79 Å². The molecule has 0 fully saturated rings. The van der Waals surface area contributed by atoms with Crippen LogP contribution in [0.1, 0.15) is 26.3 Å². The molecule has 29 heavy (non-hydrogen) atoms. The van der Waals surface area contributed by atoms with Crippen LogP contribution in [0.25, 0.3) is 6.08 Å². The van der Waals surface area contributed by atoms with Gasteiger partial charge in [-0.3, -0.25) is 4.79 Å². The molecule has 4 rings (SSSR count). The van der Waals surface area contributed by atoms with Gasteiger partial charge in [-0.2, -0.15) is 0 Å². The van der Waals surface area contributed by atoms with Gasteiger partial charge in [-0.05, 0) is 64.0 Å². The van der Waals surface area contributed by atoms with E-state index in [2.05, 4.69) is 15.9 Å². The van der Waals surface area contributed by atoms with Crippen LogP contribution >= 0.6 is 15.9 Å². The third-order valence-corrected chi connectivity index (χ3v) is 5.03. The van der Waals surface area contributed by atoms with Gasteiger partial charge in [0.1, 0.15) is 17.2 Å². The fourth-order valence-electron chi connectivity index (χ4n) is 2.90. The van der Waals surface area contributed by atoms with Gasteiger partial charge in [0.15, 0.2) is 5.76 Å². The van der Waals surface area contributed by atoms with Gasteiger partial charge >= 0.3 is 5.97 Å². The highest BCUT2D eigenvalue weighted by molar-refractivity contribution is 9.10. The van der Waals surface area contributed by atoms with Crippen LogP contribution in [-0.2, 0) is 0 Å². The molecule has 3 aromatic carbocycles. The second-order valence-electron chi connectivity index (χ2n) is 6.24. The van der Waals surface area contributed by atoms with Crippen LogP contribution in [0.2, 0.25) is 0 Å². The van der Waals surface area contributed by atoms with Crippen molar-refractivity contribution < 1.29 is 23.8 Å². The van der Waals surface area contributed by atoms with Crippen molar-refractivity contribution >= 4 is 33.8 Å². The third-order valence-electron chi connectivity index (χ3n) is 4.34. The van der Waals surface area contributed by atoms with E-state index in [1.807, 2.05) is 6.07 Å². The summed E-state index contributed by atoms with van der Waals surface area (Å²) in [5.74, 6) is 0.941. The summed E-state index contributed by atoms with van der Waals surface area (Å²) in [6.45, 7) is 0. The van der Waals surface area contributed by atoms with Gasteiger partial charge in [0.05, 0.1) is 18.2 Å². The lowest BCUT2D eigenvalue weighted by Gasteiger charge is -2.07. The number of carbonyl (C=O) groups excluding carboxylic acids is 2. The number of benzene rings is 3. The Morgan fingerprint density at radius 3 is 2.62 bits per heavy atom. The Balaban J connectivity index is 1.56. The normalized spacial score (nSPS) is 13.7. The van der Waals surface area contributed by atoms with Crippen LogP contribution in [0.15, 0.2) is 77.0 Å². The lowest BCUT2D eigenvalue weighted by molar-refractivity contribution is 0.0733. The van der Waals surface area contributed by atoms with Crippen molar-refractivity contribution in [3.63, 3.8) is 0 Å². The molecule has 0 unspecified atom stereocenters. The number of esters is 1. The van der Waals surface area contributed by atoms with Crippen molar-refractivity contribution in [3.8, 4) is 17.2 Å². The van der Waals surface area contributed by atoms with Crippen LogP contribution in [0.3, 0.4) is 0 Å². The zero-order chi connectivity index (χ0) is 20.4. The molecule has 1 aliphatic heterocycles. The predicted molar refractivity (Wildman–Crippen MR) is 111 cm³/mol. The Hall–Kier alpha value is -3.38. The van der Waals surface area contributed by atoms with E-state index in [4.69, 9.17) is 14.2 Å². The van der Waals surface area contributed by atoms with Crippen molar-refractivity contribution in [2.24, 2.45) is 0 Å². The first-order valence-electron chi connectivity index (χ1n) is 8.74. The molecule has 0 aliphatic carbocycles. The minimum atomic E-state index is -0.477. The first kappa shape index (κ1) is 19.0. The highest BCUT2D eigenvalue weighted by atomic mass is 79.9. The first-order valence-corrected chi connectivity index (χ1v) is 9.53. The van der Waals surface area contributed by atoms with E-state index in [-0.39, 0.29) is 11.5 Å². The molecule has 0 atom stereocenters. The molecule has 144 valence electrons. The molecule has 0 spiro atoms. The number of methoxy groups -OCH3 is 1. The van der Waals surface area contributed by atoms with E-state index in [1.165, 1.54) is 0 Å². The number of fused-ring (bicyclic) bond motifs is 1. The van der Waals surface area contributed by atoms with Gasteiger partial charge in [-0.1, -0.05) is 24.3 Å². The number of Topliss-reactive ketones (excluding diaryl/α,β-unsaturated/α-hetero) is 1. The summed E-state index contributed by atoms with van der Waals surface area (Å²) in [6.07, 6.45) is 1.62. The Morgan fingerprint density at radius 1 is 1.00 bits per heavy atom. The molecule has 6 heteroatoms. The summed E-state index contributed by atoms with van der Waals surface area (Å²) >= 11 is 3.34. The predicted octanol–water partition coefficient (Wildman–Crippen LogP) is 5.29. The lowest BCUT2D eigenvalue weighted by atomic mass is 10.1. The van der Waals surface area contributed by atoms with Crippen molar-refractivity contribution in [2.75, 3.05) is 7.11 Å². The second kappa shape index (κ2) is 7.93. The molecule has 0 N–H and O–H groups in total. The zero-order valence-electron chi connectivity index (χ0n) is 15.3. The minimum Gasteiger partial charge on any atom is -0.497 e. The molecule has 0 aromatic heterocycles. The van der Waals surface area contributed by atoms with Crippen LogP contribution < -0.4 is 14.2 Å². The average Bonchev–Trinajstić information content (AvgIpc) is 3.03. The Morgan fingerprint density at radius 2 is 1.83 bits per heavy atom. The van der Waals surface area contributed by atoms with Crippen LogP contribution in [-0.4, -0.2) is 18.9 Å². The number of carbonyl (C=O) groups is 2. The first-order chi connectivity index (χ1) is 14.0. The SMILES string of the molecule is COc1ccc2c(c1)O/C(=C\c1cccc(OC(=O)c3ccccc3Br)c1)C2=O. The zero-order valence-corrected chi connectivity index (χ0v) is 16.9. The fourth-order valence-corrected chi connectivity index (χ4v) is 3.35. The molecule has 0 saturated carbocycles. The van der Waals surface area contributed by atoms with E-state index in [9.17, 15) is 9.59 Å². The molecule has 0 radical (unpaired) electrons. The molecule has 1 heterocycles. The van der Waals surface area contributed by atoms with Crippen LogP contribution in [0.5, 0.6) is 17.2 Å². The number of ether oxygens (including phenoxy) is 3. The quantitative estimate of drug-likeness (QED) is 0.306. The average molecular weight is 451 g/mol. The van der Waals surface area contributed by atoms with Crippen molar-refractivity contribution in [2.45, 2.75) is 0 Å². The minimum absolute atomic E-state index is 0.197. The summed E-state index contributed by atoms with van der Waals surface area (Å²) in [5, 5.41) is 0. The number of hydrogen-bond donors (Lipinski definition) is 0. The summed E-state index contributed by atoms with van der Waals surface area (Å²) in [4.78, 5) is 25.0. The van der Waals surface area contributed by atoms with Crippen LogP contribution in [0, 0.1) is 0 Å². The maximum Gasteiger partial charge on any atom is 0.344 e. The highest BCUT2D eigenvalue weighted by Crippen LogP contribution is 2.35. The molecule has 1 aliphatic rings. The monoisotopic (exact) mass is 450 g/mol. The standard InChI is InChI=1S/C23H15BrO5/c1-27-15-9-10-18-20(13-15)29-21(22(18)25)12-14-5-4-6-16(11-14)28-23(26)17-7-2-3-8-19(17)24/h2-13H,1H3/b21-12-. The fraction of sp³-hybridized carbons (Fsp3) is 0.0435. The second-order valence-corrected chi connectivity index (χ2v) is 7.10. The molecular weight excluding hydrogens is 436 g/mol. The smallest absolute Gasteiger partial charge is 0.344 e. The molecule has 3 aromatic rings. The van der Waals surface area contributed by atoms with Crippen molar-refractivity contribution in [1.29, 1.82) is 0 Å². The van der Waals surface area contributed by atoms with Crippen molar-refractivity contribution in [1.82, 2.24) is 0 Å². The topological polar surface area (TPSA) is 61.8 Å². The van der Waals surface area contributed by atoms with Crippen LogP contribution in [0.4, 0.5) is 0 Å². The largest absolute Gasteiger partial charge is 0.497 e. The molecule has 0 bridgehead atoms. The van der Waals surface area contributed by atoms with Gasteiger partial charge in [0.25, 0.3) is 0 Å². The summed E-state index contributed by atoms with van der Waals surface area (Å²) < 4.78 is 17.0. The Labute approximate surface area is 175 Å². The number of hydrogen-bond acceptors (Lipinski definition) is 5. The summed E-state index contributed by atoms with van der Waals surface area (Å²) in [7, 11) is 1.55. The number of halogens is 1.